The molecule has 0 aliphatic heterocycles. The summed E-state index contributed by atoms with van der Waals surface area (Å²) < 4.78 is 15.2. The van der Waals surface area contributed by atoms with Crippen LogP contribution in [0.5, 0.6) is 0 Å². The van der Waals surface area contributed by atoms with Gasteiger partial charge in [-0.3, -0.25) is 4.68 Å². The lowest BCUT2D eigenvalue weighted by Gasteiger charge is -2.08. The van der Waals surface area contributed by atoms with E-state index in [0.717, 1.165) is 11.4 Å². The molecule has 0 bridgehead atoms. The number of alkyl halides is 1. The van der Waals surface area contributed by atoms with Gasteiger partial charge in [-0.05, 0) is 26.8 Å². The summed E-state index contributed by atoms with van der Waals surface area (Å²) in [4.78, 5) is 0. The third-order valence-electron chi connectivity index (χ3n) is 2.35. The van der Waals surface area contributed by atoms with Crippen LogP contribution in [0.15, 0.2) is 0 Å². The second-order valence-corrected chi connectivity index (χ2v) is 3.92. The highest BCUT2D eigenvalue weighted by Gasteiger charge is 2.16. The van der Waals surface area contributed by atoms with Crippen LogP contribution in [-0.4, -0.2) is 22.5 Å². The first-order chi connectivity index (χ1) is 7.10. The minimum atomic E-state index is -0.936. The van der Waals surface area contributed by atoms with Crippen molar-refractivity contribution in [3.05, 3.63) is 16.4 Å². The molecule has 1 aromatic rings. The van der Waals surface area contributed by atoms with Gasteiger partial charge >= 0.3 is 0 Å². The predicted molar refractivity (Wildman–Crippen MR) is 59.9 cm³/mol. The smallest absolute Gasteiger partial charge is 0.107 e. The quantitative estimate of drug-likeness (QED) is 0.847. The van der Waals surface area contributed by atoms with Crippen molar-refractivity contribution in [2.75, 3.05) is 6.54 Å². The van der Waals surface area contributed by atoms with Crippen LogP contribution < -0.4 is 5.73 Å². The minimum absolute atomic E-state index is 0.296. The molecule has 0 aliphatic carbocycles. The van der Waals surface area contributed by atoms with E-state index in [4.69, 9.17) is 17.3 Å². The van der Waals surface area contributed by atoms with Gasteiger partial charge in [-0.2, -0.15) is 5.10 Å². The Bertz CT molecular complexity index is 325. The maximum atomic E-state index is 13.4. The summed E-state index contributed by atoms with van der Waals surface area (Å²) in [5, 5.41) is 4.81. The van der Waals surface area contributed by atoms with Gasteiger partial charge in [-0.25, -0.2) is 4.39 Å². The molecule has 0 radical (unpaired) electrons. The maximum Gasteiger partial charge on any atom is 0.107 e. The Balaban J connectivity index is 2.82. The molecule has 0 saturated carbocycles. The van der Waals surface area contributed by atoms with Crippen LogP contribution >= 0.6 is 11.6 Å². The van der Waals surface area contributed by atoms with Gasteiger partial charge < -0.3 is 5.73 Å². The Morgan fingerprint density at radius 1 is 1.60 bits per heavy atom. The average molecular weight is 234 g/mol. The largest absolute Gasteiger partial charge is 0.330 e. The zero-order valence-electron chi connectivity index (χ0n) is 9.13. The molecule has 1 heterocycles. The summed E-state index contributed by atoms with van der Waals surface area (Å²) in [5.74, 6) is 0. The lowest BCUT2D eigenvalue weighted by Crippen LogP contribution is -2.14. The Kier molecular flexibility index (Phi) is 4.54. The van der Waals surface area contributed by atoms with E-state index >= 15 is 0 Å². The number of hydrogen-bond donors (Lipinski definition) is 1. The third kappa shape index (κ3) is 2.92. The van der Waals surface area contributed by atoms with Crippen LogP contribution in [0.25, 0.3) is 0 Å². The van der Waals surface area contributed by atoms with E-state index in [1.165, 1.54) is 0 Å². The average Bonchev–Trinajstić information content (AvgIpc) is 2.46. The SMILES string of the molecule is CCn1nc(C)c(Cl)c1CC(F)CCN. The van der Waals surface area contributed by atoms with Crippen LogP contribution in [0.4, 0.5) is 4.39 Å². The first-order valence-electron chi connectivity index (χ1n) is 5.16. The number of hydrogen-bond acceptors (Lipinski definition) is 2. The number of nitrogens with two attached hydrogens (primary N) is 1. The van der Waals surface area contributed by atoms with Gasteiger partial charge in [0.1, 0.15) is 6.17 Å². The zero-order valence-corrected chi connectivity index (χ0v) is 9.89. The number of aromatic nitrogens is 2. The van der Waals surface area contributed by atoms with E-state index in [0.29, 0.717) is 31.0 Å². The van der Waals surface area contributed by atoms with Gasteiger partial charge in [0.25, 0.3) is 0 Å². The number of halogens is 2. The van der Waals surface area contributed by atoms with Crippen molar-refractivity contribution in [1.29, 1.82) is 0 Å². The molecule has 0 aliphatic rings. The Hall–Kier alpha value is -0.610. The van der Waals surface area contributed by atoms with Gasteiger partial charge in [-0.15, -0.1) is 0 Å². The summed E-state index contributed by atoms with van der Waals surface area (Å²) >= 11 is 6.06. The van der Waals surface area contributed by atoms with Crippen molar-refractivity contribution in [2.24, 2.45) is 5.73 Å². The van der Waals surface area contributed by atoms with Crippen molar-refractivity contribution >= 4 is 11.6 Å². The van der Waals surface area contributed by atoms with Crippen LogP contribution in [-0.2, 0) is 13.0 Å². The maximum absolute atomic E-state index is 13.4. The summed E-state index contributed by atoms with van der Waals surface area (Å²) in [6.45, 7) is 4.85. The van der Waals surface area contributed by atoms with Crippen molar-refractivity contribution in [1.82, 2.24) is 9.78 Å². The molecule has 1 atom stereocenters. The van der Waals surface area contributed by atoms with E-state index < -0.39 is 6.17 Å². The Labute approximate surface area is 94.4 Å². The fourth-order valence-electron chi connectivity index (χ4n) is 1.56. The second kappa shape index (κ2) is 5.47. The minimum Gasteiger partial charge on any atom is -0.330 e. The highest BCUT2D eigenvalue weighted by atomic mass is 35.5. The van der Waals surface area contributed by atoms with Crippen molar-refractivity contribution in [3.63, 3.8) is 0 Å². The van der Waals surface area contributed by atoms with Gasteiger partial charge in [0.2, 0.25) is 0 Å². The molecule has 1 aromatic heterocycles. The fraction of sp³-hybridized carbons (Fsp3) is 0.700. The summed E-state index contributed by atoms with van der Waals surface area (Å²) in [6, 6.07) is 0. The van der Waals surface area contributed by atoms with Crippen LogP contribution in [0.3, 0.4) is 0 Å². The van der Waals surface area contributed by atoms with E-state index in [1.807, 2.05) is 13.8 Å². The fourth-order valence-corrected chi connectivity index (χ4v) is 1.77. The topological polar surface area (TPSA) is 43.8 Å². The van der Waals surface area contributed by atoms with Gasteiger partial charge in [0.05, 0.1) is 16.4 Å². The van der Waals surface area contributed by atoms with E-state index in [1.54, 1.807) is 4.68 Å². The van der Waals surface area contributed by atoms with Crippen LogP contribution in [0.2, 0.25) is 5.02 Å². The molecule has 1 rings (SSSR count). The predicted octanol–water partition coefficient (Wildman–Crippen LogP) is 2.09. The highest BCUT2D eigenvalue weighted by molar-refractivity contribution is 6.31. The molecule has 86 valence electrons. The van der Waals surface area contributed by atoms with Crippen LogP contribution in [0.1, 0.15) is 24.7 Å². The first kappa shape index (κ1) is 12.5. The normalized spacial score (nSPS) is 13.1. The molecule has 1 unspecified atom stereocenters. The summed E-state index contributed by atoms with van der Waals surface area (Å²) in [7, 11) is 0. The van der Waals surface area contributed by atoms with Crippen molar-refractivity contribution in [3.8, 4) is 0 Å². The molecule has 5 heteroatoms. The lowest BCUT2D eigenvalue weighted by atomic mass is 10.1. The number of aryl methyl sites for hydroxylation is 2. The molecular formula is C10H17ClFN3. The monoisotopic (exact) mass is 233 g/mol. The molecule has 3 nitrogen and oxygen atoms in total. The van der Waals surface area contributed by atoms with Crippen molar-refractivity contribution < 1.29 is 4.39 Å². The van der Waals surface area contributed by atoms with E-state index in [9.17, 15) is 4.39 Å². The number of rotatable bonds is 5. The molecule has 15 heavy (non-hydrogen) atoms. The van der Waals surface area contributed by atoms with Crippen molar-refractivity contribution in [2.45, 2.75) is 39.4 Å². The molecule has 2 N–H and O–H groups in total. The zero-order chi connectivity index (χ0) is 11.4. The molecule has 0 amide bonds. The van der Waals surface area contributed by atoms with Gasteiger partial charge in [0, 0.05) is 13.0 Å². The lowest BCUT2D eigenvalue weighted by molar-refractivity contribution is 0.310. The third-order valence-corrected chi connectivity index (χ3v) is 2.84. The number of nitrogens with zero attached hydrogens (tertiary/aromatic N) is 2. The first-order valence-corrected chi connectivity index (χ1v) is 5.53. The van der Waals surface area contributed by atoms with Crippen LogP contribution in [0, 0.1) is 6.92 Å². The molecule has 0 fully saturated rings. The standard InChI is InChI=1S/C10H17ClFN3/c1-3-15-9(6-8(12)4-5-13)10(11)7(2)14-15/h8H,3-6,13H2,1-2H3. The Morgan fingerprint density at radius 3 is 2.80 bits per heavy atom. The molecule has 0 aromatic carbocycles. The molecule has 0 saturated heterocycles. The summed E-state index contributed by atoms with van der Waals surface area (Å²) in [5.41, 5.74) is 6.83. The second-order valence-electron chi connectivity index (χ2n) is 3.54. The Morgan fingerprint density at radius 2 is 2.27 bits per heavy atom. The summed E-state index contributed by atoms with van der Waals surface area (Å²) in [6.07, 6.45) is -0.275. The van der Waals surface area contributed by atoms with E-state index in [-0.39, 0.29) is 0 Å². The molecule has 0 spiro atoms. The van der Waals surface area contributed by atoms with Gasteiger partial charge in [-0.1, -0.05) is 11.6 Å². The van der Waals surface area contributed by atoms with Gasteiger partial charge in [0.15, 0.2) is 0 Å². The molecular weight excluding hydrogens is 217 g/mol. The highest BCUT2D eigenvalue weighted by Crippen LogP contribution is 2.22. The van der Waals surface area contributed by atoms with E-state index in [2.05, 4.69) is 5.10 Å².